The third kappa shape index (κ3) is 5.38. The van der Waals surface area contributed by atoms with Crippen LogP contribution in [-0.2, 0) is 14.6 Å². The van der Waals surface area contributed by atoms with E-state index in [0.29, 0.717) is 12.5 Å². The molecule has 6 heteroatoms. The lowest BCUT2D eigenvalue weighted by Crippen LogP contribution is -2.28. The number of nitrogens with one attached hydrogen (secondary N) is 1. The molecule has 1 aromatic rings. The van der Waals surface area contributed by atoms with E-state index in [2.05, 4.69) is 5.32 Å². The quantitative estimate of drug-likeness (QED) is 0.811. The summed E-state index contributed by atoms with van der Waals surface area (Å²) in [6.45, 7) is 4.43. The van der Waals surface area contributed by atoms with Gasteiger partial charge >= 0.3 is 0 Å². The number of benzene rings is 1. The molecule has 19 heavy (non-hydrogen) atoms. The summed E-state index contributed by atoms with van der Waals surface area (Å²) in [6, 6.07) is 4.59. The van der Waals surface area contributed by atoms with Crippen molar-refractivity contribution in [2.75, 3.05) is 12.3 Å². The van der Waals surface area contributed by atoms with Crippen LogP contribution >= 0.6 is 0 Å². The van der Waals surface area contributed by atoms with Gasteiger partial charge in [0.25, 0.3) is 0 Å². The zero-order valence-electron chi connectivity index (χ0n) is 11.0. The Kier molecular flexibility index (Phi) is 5.47. The predicted octanol–water partition coefficient (Wildman–Crippen LogP) is 1.76. The van der Waals surface area contributed by atoms with E-state index < -0.39 is 15.7 Å². The van der Waals surface area contributed by atoms with Gasteiger partial charge in [0, 0.05) is 13.0 Å². The van der Waals surface area contributed by atoms with Crippen molar-refractivity contribution in [3.63, 3.8) is 0 Å². The van der Waals surface area contributed by atoms with Gasteiger partial charge in [0.1, 0.15) is 5.82 Å². The zero-order chi connectivity index (χ0) is 14.5. The van der Waals surface area contributed by atoms with Crippen LogP contribution < -0.4 is 5.32 Å². The molecule has 106 valence electrons. The van der Waals surface area contributed by atoms with Crippen molar-refractivity contribution in [1.82, 2.24) is 5.32 Å². The van der Waals surface area contributed by atoms with Crippen LogP contribution in [0.25, 0.3) is 0 Å². The Morgan fingerprint density at radius 2 is 1.84 bits per heavy atom. The second-order valence-corrected chi connectivity index (χ2v) is 6.83. The maximum atomic E-state index is 12.7. The van der Waals surface area contributed by atoms with E-state index in [-0.39, 0.29) is 23.0 Å². The molecule has 0 aliphatic heterocycles. The van der Waals surface area contributed by atoms with Gasteiger partial charge in [-0.1, -0.05) is 13.8 Å². The molecule has 0 bridgehead atoms. The molecule has 0 saturated heterocycles. The van der Waals surface area contributed by atoms with Crippen LogP contribution in [0.3, 0.4) is 0 Å². The Bertz CT molecular complexity index is 523. The molecule has 0 atom stereocenters. The molecule has 1 N–H and O–H groups in total. The first-order valence-corrected chi connectivity index (χ1v) is 7.71. The van der Waals surface area contributed by atoms with E-state index in [1.54, 1.807) is 0 Å². The van der Waals surface area contributed by atoms with E-state index in [9.17, 15) is 17.6 Å². The van der Waals surface area contributed by atoms with Crippen molar-refractivity contribution in [2.24, 2.45) is 5.92 Å². The molecule has 1 amide bonds. The van der Waals surface area contributed by atoms with Crippen LogP contribution in [0.4, 0.5) is 4.39 Å². The highest BCUT2D eigenvalue weighted by molar-refractivity contribution is 7.91. The third-order valence-electron chi connectivity index (χ3n) is 2.48. The van der Waals surface area contributed by atoms with Crippen molar-refractivity contribution in [1.29, 1.82) is 0 Å². The molecule has 0 spiro atoms. The average molecular weight is 287 g/mol. The molecule has 0 heterocycles. The number of amides is 1. The number of halogens is 1. The second kappa shape index (κ2) is 6.65. The molecule has 1 rings (SSSR count). The maximum absolute atomic E-state index is 12.7. The highest BCUT2D eigenvalue weighted by Crippen LogP contribution is 2.12. The molecule has 0 radical (unpaired) electrons. The number of hydrogen-bond acceptors (Lipinski definition) is 3. The fraction of sp³-hybridized carbons (Fsp3) is 0.462. The normalized spacial score (nSPS) is 11.6. The maximum Gasteiger partial charge on any atom is 0.221 e. The summed E-state index contributed by atoms with van der Waals surface area (Å²) in [4.78, 5) is 11.5. The second-order valence-electron chi connectivity index (χ2n) is 4.72. The van der Waals surface area contributed by atoms with Crippen molar-refractivity contribution in [3.8, 4) is 0 Å². The van der Waals surface area contributed by atoms with Gasteiger partial charge in [0.2, 0.25) is 5.91 Å². The number of sulfone groups is 1. The van der Waals surface area contributed by atoms with Crippen molar-refractivity contribution >= 4 is 15.7 Å². The summed E-state index contributed by atoms with van der Waals surface area (Å²) in [6.07, 6.45) is -0.0908. The molecule has 0 aromatic heterocycles. The van der Waals surface area contributed by atoms with Gasteiger partial charge in [-0.15, -0.1) is 0 Å². The third-order valence-corrected chi connectivity index (χ3v) is 4.21. The van der Waals surface area contributed by atoms with Crippen LogP contribution in [0.5, 0.6) is 0 Å². The lowest BCUT2D eigenvalue weighted by molar-refractivity contribution is -0.120. The summed E-state index contributed by atoms with van der Waals surface area (Å²) in [5.74, 6) is -0.742. The van der Waals surface area contributed by atoms with Crippen LogP contribution in [0.2, 0.25) is 0 Å². The van der Waals surface area contributed by atoms with Crippen molar-refractivity contribution in [3.05, 3.63) is 30.1 Å². The summed E-state index contributed by atoms with van der Waals surface area (Å²) < 4.78 is 36.5. The minimum Gasteiger partial charge on any atom is -0.356 e. The van der Waals surface area contributed by atoms with Crippen LogP contribution in [0.1, 0.15) is 20.3 Å². The smallest absolute Gasteiger partial charge is 0.221 e. The number of hydrogen-bond donors (Lipinski definition) is 1. The van der Waals surface area contributed by atoms with Gasteiger partial charge in [-0.25, -0.2) is 12.8 Å². The molecule has 1 aromatic carbocycles. The minimum absolute atomic E-state index is 0.0329. The van der Waals surface area contributed by atoms with Crippen LogP contribution in [0, 0.1) is 11.7 Å². The lowest BCUT2D eigenvalue weighted by Gasteiger charge is -2.08. The van der Waals surface area contributed by atoms with Crippen LogP contribution in [-0.4, -0.2) is 26.6 Å². The molecule has 0 saturated carbocycles. The molecule has 0 unspecified atom stereocenters. The van der Waals surface area contributed by atoms with Gasteiger partial charge in [0.05, 0.1) is 10.6 Å². The molecule has 0 aliphatic carbocycles. The van der Waals surface area contributed by atoms with Crippen molar-refractivity contribution < 1.29 is 17.6 Å². The van der Waals surface area contributed by atoms with Gasteiger partial charge in [-0.05, 0) is 30.2 Å². The Morgan fingerprint density at radius 1 is 1.26 bits per heavy atom. The fourth-order valence-electron chi connectivity index (χ4n) is 1.39. The van der Waals surface area contributed by atoms with Gasteiger partial charge in [-0.3, -0.25) is 4.79 Å². The Balaban J connectivity index is 2.56. The van der Waals surface area contributed by atoms with Gasteiger partial charge in [-0.2, -0.15) is 0 Å². The number of carbonyl (C=O) groups excluding carboxylic acids is 1. The Morgan fingerprint density at radius 3 is 2.37 bits per heavy atom. The monoisotopic (exact) mass is 287 g/mol. The lowest BCUT2D eigenvalue weighted by atomic mass is 10.2. The van der Waals surface area contributed by atoms with E-state index in [1.165, 1.54) is 12.1 Å². The molecule has 0 fully saturated rings. The average Bonchev–Trinajstić information content (AvgIpc) is 2.34. The Labute approximate surface area is 112 Å². The van der Waals surface area contributed by atoms with Gasteiger partial charge in [0.15, 0.2) is 9.84 Å². The standard InChI is InChI=1S/C13H18FNO3S/c1-10(2)9-15-13(16)7-8-19(17,18)12-5-3-11(14)4-6-12/h3-6,10H,7-9H2,1-2H3,(H,15,16). The summed E-state index contributed by atoms with van der Waals surface area (Å²) in [5, 5.41) is 2.65. The largest absolute Gasteiger partial charge is 0.356 e. The first-order valence-electron chi connectivity index (χ1n) is 6.06. The number of rotatable bonds is 6. The molecule has 4 nitrogen and oxygen atoms in total. The molecule has 0 aliphatic rings. The summed E-state index contributed by atoms with van der Waals surface area (Å²) in [5.41, 5.74) is 0. The number of carbonyl (C=O) groups is 1. The van der Waals surface area contributed by atoms with Gasteiger partial charge < -0.3 is 5.32 Å². The minimum atomic E-state index is -3.54. The van der Waals surface area contributed by atoms with Crippen molar-refractivity contribution in [2.45, 2.75) is 25.2 Å². The molecular formula is C13H18FNO3S. The van der Waals surface area contributed by atoms with Crippen LogP contribution in [0.15, 0.2) is 29.2 Å². The highest BCUT2D eigenvalue weighted by atomic mass is 32.2. The summed E-state index contributed by atoms with van der Waals surface area (Å²) in [7, 11) is -3.54. The summed E-state index contributed by atoms with van der Waals surface area (Å²) >= 11 is 0. The fourth-order valence-corrected chi connectivity index (χ4v) is 2.63. The highest BCUT2D eigenvalue weighted by Gasteiger charge is 2.16. The first-order chi connectivity index (χ1) is 8.81. The van der Waals surface area contributed by atoms with E-state index in [0.717, 1.165) is 12.1 Å². The first kappa shape index (κ1) is 15.6. The van der Waals surface area contributed by atoms with E-state index in [1.807, 2.05) is 13.8 Å². The van der Waals surface area contributed by atoms with E-state index >= 15 is 0 Å². The predicted molar refractivity (Wildman–Crippen MR) is 70.9 cm³/mol. The topological polar surface area (TPSA) is 63.2 Å². The zero-order valence-corrected chi connectivity index (χ0v) is 11.8. The Hall–Kier alpha value is -1.43. The van der Waals surface area contributed by atoms with E-state index in [4.69, 9.17) is 0 Å². The SMILES string of the molecule is CC(C)CNC(=O)CCS(=O)(=O)c1ccc(F)cc1. The molecular weight excluding hydrogens is 269 g/mol.